The van der Waals surface area contributed by atoms with Gasteiger partial charge in [-0.15, -0.1) is 0 Å². The molecule has 0 aromatic heterocycles. The molecule has 0 aliphatic rings. The predicted octanol–water partition coefficient (Wildman–Crippen LogP) is 18.8. The Kier molecular flexibility index (Phi) is 52.4. The van der Waals surface area contributed by atoms with E-state index in [4.69, 9.17) is 14.2 Å². The molecule has 0 amide bonds. The highest BCUT2D eigenvalue weighted by molar-refractivity contribution is 5.71. The zero-order valence-corrected chi connectivity index (χ0v) is 43.9. The molecule has 0 unspecified atom stereocenters. The van der Waals surface area contributed by atoms with Crippen LogP contribution in [0.4, 0.5) is 0 Å². The van der Waals surface area contributed by atoms with E-state index >= 15 is 0 Å². The van der Waals surface area contributed by atoms with Gasteiger partial charge in [0, 0.05) is 19.3 Å². The van der Waals surface area contributed by atoms with Crippen molar-refractivity contribution in [3.63, 3.8) is 0 Å². The van der Waals surface area contributed by atoms with Crippen LogP contribution in [0.5, 0.6) is 0 Å². The van der Waals surface area contributed by atoms with Gasteiger partial charge < -0.3 is 14.2 Å². The van der Waals surface area contributed by atoms with E-state index < -0.39 is 6.10 Å². The van der Waals surface area contributed by atoms with Gasteiger partial charge in [0.05, 0.1) is 0 Å². The molecule has 6 nitrogen and oxygen atoms in total. The highest BCUT2D eigenvalue weighted by atomic mass is 16.6. The van der Waals surface area contributed by atoms with E-state index in [0.717, 1.165) is 64.2 Å². The Labute approximate surface area is 414 Å². The van der Waals surface area contributed by atoms with Gasteiger partial charge in [0.2, 0.25) is 0 Å². The summed E-state index contributed by atoms with van der Waals surface area (Å²) in [6, 6.07) is 0. The van der Waals surface area contributed by atoms with Crippen LogP contribution in [0.15, 0.2) is 85.1 Å². The van der Waals surface area contributed by atoms with Crippen LogP contribution < -0.4 is 0 Å². The molecule has 1 atom stereocenters. The fraction of sp³-hybridized carbons (Fsp3) is 0.721. The number of carbonyl (C=O) groups is 3. The molecule has 384 valence electrons. The zero-order chi connectivity index (χ0) is 48.6. The quantitative estimate of drug-likeness (QED) is 0.0262. The fourth-order valence-electron chi connectivity index (χ4n) is 7.63. The first kappa shape index (κ1) is 63.6. The highest BCUT2D eigenvalue weighted by Crippen LogP contribution is 2.15. The van der Waals surface area contributed by atoms with Crippen molar-refractivity contribution in [1.82, 2.24) is 0 Å². The van der Waals surface area contributed by atoms with Crippen LogP contribution in [-0.2, 0) is 28.6 Å². The molecule has 6 heteroatoms. The Hall–Kier alpha value is -3.41. The molecule has 0 radical (unpaired) electrons. The first-order chi connectivity index (χ1) is 33.0. The van der Waals surface area contributed by atoms with Gasteiger partial charge in [-0.05, 0) is 89.9 Å². The standard InChI is InChI=1S/C61H104O6/c1-4-7-10-13-16-19-22-25-28-30-33-36-39-42-45-48-51-54-60(63)66-57-58(56-65-59(62)53-50-47-44-41-38-35-32-27-24-21-18-15-12-9-6-3)67-61(64)55-52-49-46-43-40-37-34-31-29-26-23-20-17-14-11-8-5-2/h17,20,25-26,28-29,33-34,36-37,42-43,45-46,58H,4-16,18-19,21-24,27,30-32,35,38-41,44,47-57H2,1-3H3/b20-17-,28-25-,29-26-,36-33-,37-34-,45-42-,46-43-/t58-/m0/s1. The predicted molar refractivity (Wildman–Crippen MR) is 288 cm³/mol. The number of hydrogen-bond donors (Lipinski definition) is 0. The van der Waals surface area contributed by atoms with Crippen molar-refractivity contribution in [2.24, 2.45) is 0 Å². The summed E-state index contributed by atoms with van der Waals surface area (Å²) in [6.45, 7) is 6.53. The lowest BCUT2D eigenvalue weighted by Gasteiger charge is -2.18. The summed E-state index contributed by atoms with van der Waals surface area (Å²) < 4.78 is 16.8. The van der Waals surface area contributed by atoms with E-state index in [2.05, 4.69) is 106 Å². The van der Waals surface area contributed by atoms with Crippen LogP contribution >= 0.6 is 0 Å². The molecule has 0 rings (SSSR count). The number of rotatable bonds is 50. The Balaban J connectivity index is 4.54. The average molecular weight is 933 g/mol. The SMILES string of the molecule is CCCCC/C=C\C/C=C\C/C=C\C/C=C\CCCC(=O)O[C@H](COC(=O)CCC/C=C\C/C=C\C/C=C\CCCCCCCC)COC(=O)CCCCCCCCCCCCCCCCC. The first-order valence-corrected chi connectivity index (χ1v) is 28.1. The molecule has 0 aromatic rings. The molecule has 0 fully saturated rings. The van der Waals surface area contributed by atoms with Crippen molar-refractivity contribution in [2.45, 2.75) is 271 Å². The molecule has 0 aliphatic carbocycles. The molecular weight excluding hydrogens is 829 g/mol. The Morgan fingerprint density at radius 3 is 0.925 bits per heavy atom. The largest absolute Gasteiger partial charge is 0.462 e. The average Bonchev–Trinajstić information content (AvgIpc) is 3.33. The molecule has 67 heavy (non-hydrogen) atoms. The summed E-state index contributed by atoms with van der Waals surface area (Å²) in [5, 5.41) is 0. The number of ether oxygens (including phenoxy) is 3. The molecule has 0 heterocycles. The van der Waals surface area contributed by atoms with Crippen molar-refractivity contribution in [3.05, 3.63) is 85.1 Å². The minimum absolute atomic E-state index is 0.112. The lowest BCUT2D eigenvalue weighted by Crippen LogP contribution is -2.30. The van der Waals surface area contributed by atoms with Crippen LogP contribution in [0.3, 0.4) is 0 Å². The van der Waals surface area contributed by atoms with Gasteiger partial charge in [-0.2, -0.15) is 0 Å². The van der Waals surface area contributed by atoms with Gasteiger partial charge in [0.15, 0.2) is 6.10 Å². The number of hydrogen-bond acceptors (Lipinski definition) is 6. The summed E-state index contributed by atoms with van der Waals surface area (Å²) in [5.41, 5.74) is 0. The number of allylic oxidation sites excluding steroid dienone is 14. The minimum atomic E-state index is -0.824. The van der Waals surface area contributed by atoms with Gasteiger partial charge in [-0.1, -0.05) is 241 Å². The second-order valence-electron chi connectivity index (χ2n) is 18.5. The van der Waals surface area contributed by atoms with E-state index in [1.165, 1.54) is 148 Å². The molecule has 0 bridgehead atoms. The van der Waals surface area contributed by atoms with E-state index in [1.54, 1.807) is 0 Å². The summed E-state index contributed by atoms with van der Waals surface area (Å²) in [4.78, 5) is 38.1. The molecule has 0 aromatic carbocycles. The summed E-state index contributed by atoms with van der Waals surface area (Å²) in [7, 11) is 0. The maximum Gasteiger partial charge on any atom is 0.306 e. The van der Waals surface area contributed by atoms with Crippen molar-refractivity contribution in [1.29, 1.82) is 0 Å². The van der Waals surface area contributed by atoms with Crippen molar-refractivity contribution in [2.75, 3.05) is 13.2 Å². The molecule has 0 saturated heterocycles. The van der Waals surface area contributed by atoms with E-state index in [0.29, 0.717) is 19.3 Å². The summed E-state index contributed by atoms with van der Waals surface area (Å²) in [5.74, 6) is -1.02. The molecule has 0 spiro atoms. The van der Waals surface area contributed by atoms with Gasteiger partial charge in [0.1, 0.15) is 13.2 Å². The van der Waals surface area contributed by atoms with Crippen LogP contribution in [0.1, 0.15) is 265 Å². The topological polar surface area (TPSA) is 78.9 Å². The third-order valence-corrected chi connectivity index (χ3v) is 11.9. The molecular formula is C61H104O6. The van der Waals surface area contributed by atoms with Crippen molar-refractivity contribution in [3.8, 4) is 0 Å². The van der Waals surface area contributed by atoms with E-state index in [9.17, 15) is 14.4 Å². The van der Waals surface area contributed by atoms with Gasteiger partial charge in [0.25, 0.3) is 0 Å². The normalized spacial score (nSPS) is 12.7. The van der Waals surface area contributed by atoms with Gasteiger partial charge in [-0.25, -0.2) is 0 Å². The second-order valence-corrected chi connectivity index (χ2v) is 18.5. The van der Waals surface area contributed by atoms with Crippen LogP contribution in [0, 0.1) is 0 Å². The summed E-state index contributed by atoms with van der Waals surface area (Å²) in [6.07, 6.45) is 71.5. The lowest BCUT2D eigenvalue weighted by atomic mass is 10.0. The Bertz CT molecular complexity index is 1300. The first-order valence-electron chi connectivity index (χ1n) is 28.1. The second kappa shape index (κ2) is 55.2. The fourth-order valence-corrected chi connectivity index (χ4v) is 7.63. The van der Waals surface area contributed by atoms with Gasteiger partial charge >= 0.3 is 17.9 Å². The monoisotopic (exact) mass is 933 g/mol. The van der Waals surface area contributed by atoms with E-state index in [-0.39, 0.29) is 44.0 Å². The van der Waals surface area contributed by atoms with Crippen LogP contribution in [0.25, 0.3) is 0 Å². The summed E-state index contributed by atoms with van der Waals surface area (Å²) >= 11 is 0. The smallest absolute Gasteiger partial charge is 0.306 e. The molecule has 0 saturated carbocycles. The maximum atomic E-state index is 12.8. The minimum Gasteiger partial charge on any atom is -0.462 e. The van der Waals surface area contributed by atoms with Crippen LogP contribution in [-0.4, -0.2) is 37.2 Å². The van der Waals surface area contributed by atoms with Gasteiger partial charge in [-0.3, -0.25) is 14.4 Å². The van der Waals surface area contributed by atoms with Crippen molar-refractivity contribution < 1.29 is 28.6 Å². The third kappa shape index (κ3) is 53.4. The van der Waals surface area contributed by atoms with Crippen LogP contribution in [0.2, 0.25) is 0 Å². The molecule has 0 aliphatic heterocycles. The highest BCUT2D eigenvalue weighted by Gasteiger charge is 2.19. The number of unbranched alkanes of at least 4 members (excludes halogenated alkanes) is 25. The lowest BCUT2D eigenvalue weighted by molar-refractivity contribution is -0.167. The zero-order valence-electron chi connectivity index (χ0n) is 43.9. The Morgan fingerprint density at radius 2 is 0.552 bits per heavy atom. The van der Waals surface area contributed by atoms with E-state index in [1.807, 2.05) is 0 Å². The third-order valence-electron chi connectivity index (χ3n) is 11.9. The molecule has 0 N–H and O–H groups in total. The maximum absolute atomic E-state index is 12.8. The number of esters is 3. The van der Waals surface area contributed by atoms with Crippen molar-refractivity contribution >= 4 is 17.9 Å². The number of carbonyl (C=O) groups excluding carboxylic acids is 3. The Morgan fingerprint density at radius 1 is 0.299 bits per heavy atom.